The largest absolute Gasteiger partial charge is 0.450 e. The molecule has 0 saturated heterocycles. The van der Waals surface area contributed by atoms with Crippen molar-refractivity contribution in [1.82, 2.24) is 0 Å². The summed E-state index contributed by atoms with van der Waals surface area (Å²) in [5.41, 5.74) is 4.78. The highest BCUT2D eigenvalue weighted by Gasteiger charge is 2.16. The summed E-state index contributed by atoms with van der Waals surface area (Å²) in [5, 5.41) is 3.34. The first kappa shape index (κ1) is 16.0. The molecule has 24 heavy (non-hydrogen) atoms. The average Bonchev–Trinajstić information content (AvgIpc) is 2.54. The number of para-hydroxylation sites is 1. The second kappa shape index (κ2) is 5.96. The number of hydrogen-bond donors (Lipinski definition) is 1. The Morgan fingerprint density at radius 1 is 0.958 bits per heavy atom. The van der Waals surface area contributed by atoms with Crippen molar-refractivity contribution >= 4 is 22.6 Å². The second-order valence-electron chi connectivity index (χ2n) is 6.08. The molecule has 0 atom stereocenters. The molecule has 0 aliphatic heterocycles. The highest BCUT2D eigenvalue weighted by atomic mass is 16.3. The van der Waals surface area contributed by atoms with Crippen LogP contribution in [-0.4, -0.2) is 5.91 Å². The van der Waals surface area contributed by atoms with Crippen LogP contribution in [0.5, 0.6) is 0 Å². The fourth-order valence-electron chi connectivity index (χ4n) is 2.75. The highest BCUT2D eigenvalue weighted by Crippen LogP contribution is 2.23. The van der Waals surface area contributed by atoms with Crippen LogP contribution in [0.15, 0.2) is 45.6 Å². The predicted molar refractivity (Wildman–Crippen MR) is 95.8 cm³/mol. The smallest absolute Gasteiger partial charge is 0.291 e. The fourth-order valence-corrected chi connectivity index (χ4v) is 2.75. The molecule has 1 aromatic heterocycles. The van der Waals surface area contributed by atoms with Crippen molar-refractivity contribution in [2.24, 2.45) is 0 Å². The van der Waals surface area contributed by atoms with E-state index in [1.54, 1.807) is 6.07 Å². The zero-order chi connectivity index (χ0) is 17.4. The van der Waals surface area contributed by atoms with Crippen LogP contribution in [0, 0.1) is 27.7 Å². The van der Waals surface area contributed by atoms with Crippen molar-refractivity contribution in [1.29, 1.82) is 0 Å². The summed E-state index contributed by atoms with van der Waals surface area (Å²) in [6.45, 7) is 7.67. The summed E-state index contributed by atoms with van der Waals surface area (Å²) in [4.78, 5) is 24.9. The number of carbonyl (C=O) groups excluding carboxylic acids is 1. The van der Waals surface area contributed by atoms with Crippen molar-refractivity contribution < 1.29 is 9.21 Å². The SMILES string of the molecule is Cc1cccc(C)c1NC(=O)c1cc(=O)c2ccc(C)c(C)c2o1. The van der Waals surface area contributed by atoms with Crippen molar-refractivity contribution in [3.63, 3.8) is 0 Å². The number of amides is 1. The first-order valence-corrected chi connectivity index (χ1v) is 7.80. The van der Waals surface area contributed by atoms with Crippen LogP contribution in [0.2, 0.25) is 0 Å². The maximum absolute atomic E-state index is 12.6. The Balaban J connectivity index is 2.08. The number of aryl methyl sites for hydroxylation is 4. The molecule has 1 heterocycles. The van der Waals surface area contributed by atoms with Gasteiger partial charge in [-0.2, -0.15) is 0 Å². The van der Waals surface area contributed by atoms with Crippen LogP contribution in [0.3, 0.4) is 0 Å². The molecular weight excluding hydrogens is 302 g/mol. The number of carbonyl (C=O) groups is 1. The lowest BCUT2D eigenvalue weighted by Gasteiger charge is -2.11. The van der Waals surface area contributed by atoms with E-state index in [1.807, 2.05) is 52.0 Å². The highest BCUT2D eigenvalue weighted by molar-refractivity contribution is 6.03. The number of nitrogens with one attached hydrogen (secondary N) is 1. The molecule has 1 amide bonds. The minimum Gasteiger partial charge on any atom is -0.450 e. The third-order valence-corrected chi connectivity index (χ3v) is 4.36. The zero-order valence-corrected chi connectivity index (χ0v) is 14.2. The molecule has 0 radical (unpaired) electrons. The van der Waals surface area contributed by atoms with Gasteiger partial charge in [0.15, 0.2) is 11.2 Å². The Kier molecular flexibility index (Phi) is 3.97. The Morgan fingerprint density at radius 2 is 1.62 bits per heavy atom. The molecule has 0 saturated carbocycles. The van der Waals surface area contributed by atoms with Crippen molar-refractivity contribution in [3.05, 3.63) is 74.6 Å². The van der Waals surface area contributed by atoms with Crippen LogP contribution < -0.4 is 10.7 Å². The van der Waals surface area contributed by atoms with Gasteiger partial charge in [0.2, 0.25) is 0 Å². The van der Waals surface area contributed by atoms with E-state index >= 15 is 0 Å². The van der Waals surface area contributed by atoms with E-state index in [4.69, 9.17) is 4.42 Å². The van der Waals surface area contributed by atoms with Crippen molar-refractivity contribution in [3.8, 4) is 0 Å². The number of fused-ring (bicyclic) bond motifs is 1. The van der Waals surface area contributed by atoms with E-state index in [-0.39, 0.29) is 11.2 Å². The summed E-state index contributed by atoms with van der Waals surface area (Å²) >= 11 is 0. The van der Waals surface area contributed by atoms with Crippen LogP contribution in [0.25, 0.3) is 11.0 Å². The normalized spacial score (nSPS) is 10.8. The van der Waals surface area contributed by atoms with Gasteiger partial charge in [-0.1, -0.05) is 24.3 Å². The Labute approximate surface area is 140 Å². The monoisotopic (exact) mass is 321 g/mol. The van der Waals surface area contributed by atoms with Gasteiger partial charge in [0.25, 0.3) is 5.91 Å². The van der Waals surface area contributed by atoms with Crippen molar-refractivity contribution in [2.75, 3.05) is 5.32 Å². The van der Waals surface area contributed by atoms with Gasteiger partial charge in [0.05, 0.1) is 5.39 Å². The summed E-state index contributed by atoms with van der Waals surface area (Å²) in [6, 6.07) is 10.6. The number of hydrogen-bond acceptors (Lipinski definition) is 3. The maximum Gasteiger partial charge on any atom is 0.291 e. The summed E-state index contributed by atoms with van der Waals surface area (Å²) in [7, 11) is 0. The first-order valence-electron chi connectivity index (χ1n) is 7.80. The number of benzene rings is 2. The average molecular weight is 321 g/mol. The topological polar surface area (TPSA) is 59.3 Å². The predicted octanol–water partition coefficient (Wildman–Crippen LogP) is 4.28. The van der Waals surface area contributed by atoms with Crippen LogP contribution in [0.4, 0.5) is 5.69 Å². The molecule has 3 rings (SSSR count). The standard InChI is InChI=1S/C20H19NO3/c1-11-8-9-15-16(22)10-17(24-19(15)14(11)4)20(23)21-18-12(2)6-5-7-13(18)3/h5-10H,1-4H3,(H,21,23). The van der Waals surface area contributed by atoms with Gasteiger partial charge in [0, 0.05) is 11.8 Å². The molecule has 0 spiro atoms. The zero-order valence-electron chi connectivity index (χ0n) is 14.2. The quantitative estimate of drug-likeness (QED) is 0.766. The molecule has 122 valence electrons. The summed E-state index contributed by atoms with van der Waals surface area (Å²) < 4.78 is 5.76. The molecule has 1 N–H and O–H groups in total. The minimum absolute atomic E-state index is 0.0175. The van der Waals surface area contributed by atoms with E-state index in [0.717, 1.165) is 27.9 Å². The third-order valence-electron chi connectivity index (χ3n) is 4.36. The summed E-state index contributed by atoms with van der Waals surface area (Å²) in [6.07, 6.45) is 0. The van der Waals surface area contributed by atoms with E-state index in [0.29, 0.717) is 11.0 Å². The van der Waals surface area contributed by atoms with Gasteiger partial charge >= 0.3 is 0 Å². The third kappa shape index (κ3) is 2.71. The molecule has 0 fully saturated rings. The van der Waals surface area contributed by atoms with Gasteiger partial charge in [-0.05, 0) is 56.0 Å². The molecule has 4 nitrogen and oxygen atoms in total. The maximum atomic E-state index is 12.6. The van der Waals surface area contributed by atoms with E-state index < -0.39 is 5.91 Å². The van der Waals surface area contributed by atoms with E-state index in [2.05, 4.69) is 5.32 Å². The molecular formula is C20H19NO3. The number of rotatable bonds is 2. The molecule has 0 aliphatic carbocycles. The lowest BCUT2D eigenvalue weighted by molar-refractivity contribution is 0.0997. The lowest BCUT2D eigenvalue weighted by atomic mass is 10.1. The van der Waals surface area contributed by atoms with Crippen LogP contribution >= 0.6 is 0 Å². The first-order chi connectivity index (χ1) is 11.4. The second-order valence-corrected chi connectivity index (χ2v) is 6.08. The number of anilines is 1. The van der Waals surface area contributed by atoms with E-state index in [1.165, 1.54) is 6.07 Å². The minimum atomic E-state index is -0.424. The molecule has 4 heteroatoms. The molecule has 0 unspecified atom stereocenters. The Morgan fingerprint density at radius 3 is 2.29 bits per heavy atom. The fraction of sp³-hybridized carbons (Fsp3) is 0.200. The molecule has 3 aromatic rings. The van der Waals surface area contributed by atoms with Gasteiger partial charge in [-0.3, -0.25) is 9.59 Å². The van der Waals surface area contributed by atoms with Crippen LogP contribution in [-0.2, 0) is 0 Å². The van der Waals surface area contributed by atoms with Gasteiger partial charge in [-0.15, -0.1) is 0 Å². The Hall–Kier alpha value is -2.88. The molecule has 0 aliphatic rings. The van der Waals surface area contributed by atoms with Gasteiger partial charge < -0.3 is 9.73 Å². The summed E-state index contributed by atoms with van der Waals surface area (Å²) in [5.74, 6) is -0.406. The molecule has 0 bridgehead atoms. The van der Waals surface area contributed by atoms with Crippen molar-refractivity contribution in [2.45, 2.75) is 27.7 Å². The van der Waals surface area contributed by atoms with Gasteiger partial charge in [-0.25, -0.2) is 0 Å². The molecule has 2 aromatic carbocycles. The van der Waals surface area contributed by atoms with Crippen LogP contribution in [0.1, 0.15) is 32.8 Å². The Bertz CT molecular complexity index is 995. The van der Waals surface area contributed by atoms with Gasteiger partial charge in [0.1, 0.15) is 5.58 Å². The van der Waals surface area contributed by atoms with E-state index in [9.17, 15) is 9.59 Å². The lowest BCUT2D eigenvalue weighted by Crippen LogP contribution is -2.16.